The van der Waals surface area contributed by atoms with Gasteiger partial charge in [-0.25, -0.2) is 4.79 Å². The molecule has 1 aromatic carbocycles. The molecule has 0 saturated carbocycles. The van der Waals surface area contributed by atoms with Crippen LogP contribution in [0.2, 0.25) is 0 Å². The van der Waals surface area contributed by atoms with Crippen molar-refractivity contribution in [3.8, 4) is 0 Å². The zero-order chi connectivity index (χ0) is 16.3. The van der Waals surface area contributed by atoms with Gasteiger partial charge in [-0.05, 0) is 35.2 Å². The van der Waals surface area contributed by atoms with Crippen LogP contribution in [-0.2, 0) is 11.2 Å². The zero-order valence-electron chi connectivity index (χ0n) is 13.9. The Kier molecular flexibility index (Phi) is 5.38. The van der Waals surface area contributed by atoms with E-state index >= 15 is 0 Å². The van der Waals surface area contributed by atoms with E-state index < -0.39 is 5.97 Å². The third-order valence-electron chi connectivity index (χ3n) is 3.91. The van der Waals surface area contributed by atoms with Crippen LogP contribution in [0, 0.1) is 16.7 Å². The molecule has 21 heavy (non-hydrogen) atoms. The van der Waals surface area contributed by atoms with E-state index in [4.69, 9.17) is 0 Å². The van der Waals surface area contributed by atoms with Crippen molar-refractivity contribution in [1.29, 1.82) is 0 Å². The molecule has 2 heteroatoms. The Balaban J connectivity index is 3.08. The van der Waals surface area contributed by atoms with E-state index in [1.165, 1.54) is 0 Å². The number of rotatable bonds is 6. The third kappa shape index (κ3) is 5.37. The summed E-state index contributed by atoms with van der Waals surface area (Å²) >= 11 is 0. The highest BCUT2D eigenvalue weighted by molar-refractivity contribution is 5.86. The lowest BCUT2D eigenvalue weighted by Gasteiger charge is -2.39. The lowest BCUT2D eigenvalue weighted by Crippen LogP contribution is -2.33. The van der Waals surface area contributed by atoms with E-state index in [0.717, 1.165) is 18.4 Å². The van der Waals surface area contributed by atoms with Crippen LogP contribution in [0.1, 0.15) is 46.6 Å². The molecule has 116 valence electrons. The van der Waals surface area contributed by atoms with Crippen molar-refractivity contribution in [2.45, 2.75) is 47.5 Å². The van der Waals surface area contributed by atoms with Crippen molar-refractivity contribution in [3.63, 3.8) is 0 Å². The van der Waals surface area contributed by atoms with Crippen molar-refractivity contribution in [2.24, 2.45) is 16.7 Å². The second-order valence-electron chi connectivity index (χ2n) is 7.80. The summed E-state index contributed by atoms with van der Waals surface area (Å²) in [5.74, 6) is -0.963. The van der Waals surface area contributed by atoms with Crippen LogP contribution >= 0.6 is 0 Å². The van der Waals surface area contributed by atoms with Gasteiger partial charge in [0, 0.05) is 5.57 Å². The van der Waals surface area contributed by atoms with Crippen LogP contribution < -0.4 is 0 Å². The number of carbonyl (C=O) groups is 1. The fourth-order valence-corrected chi connectivity index (χ4v) is 3.36. The molecule has 0 aliphatic carbocycles. The van der Waals surface area contributed by atoms with E-state index in [-0.39, 0.29) is 16.7 Å². The van der Waals surface area contributed by atoms with Gasteiger partial charge in [-0.2, -0.15) is 0 Å². The summed E-state index contributed by atoms with van der Waals surface area (Å²) in [4.78, 5) is 11.4. The van der Waals surface area contributed by atoms with Crippen LogP contribution in [-0.4, -0.2) is 11.1 Å². The monoisotopic (exact) mass is 288 g/mol. The first kappa shape index (κ1) is 17.5. The molecule has 0 fully saturated rings. The Labute approximate surface area is 128 Å². The van der Waals surface area contributed by atoms with Gasteiger partial charge < -0.3 is 5.11 Å². The van der Waals surface area contributed by atoms with Gasteiger partial charge in [-0.1, -0.05) is 71.5 Å². The van der Waals surface area contributed by atoms with Gasteiger partial charge in [0.15, 0.2) is 0 Å². The minimum Gasteiger partial charge on any atom is -0.478 e. The molecule has 1 rings (SSSR count). The molecule has 0 radical (unpaired) electrons. The first-order valence-electron chi connectivity index (χ1n) is 7.49. The highest BCUT2D eigenvalue weighted by Gasteiger charge is 2.37. The molecule has 1 N–H and O–H groups in total. The van der Waals surface area contributed by atoms with Crippen LogP contribution in [0.3, 0.4) is 0 Å². The molecule has 2 nitrogen and oxygen atoms in total. The average molecular weight is 288 g/mol. The Morgan fingerprint density at radius 1 is 1.14 bits per heavy atom. The van der Waals surface area contributed by atoms with Gasteiger partial charge in [-0.3, -0.25) is 0 Å². The van der Waals surface area contributed by atoms with E-state index in [0.29, 0.717) is 5.57 Å². The Morgan fingerprint density at radius 3 is 2.10 bits per heavy atom. The first-order valence-corrected chi connectivity index (χ1v) is 7.49. The van der Waals surface area contributed by atoms with Gasteiger partial charge in [0.2, 0.25) is 0 Å². The fourth-order valence-electron chi connectivity index (χ4n) is 3.36. The van der Waals surface area contributed by atoms with E-state index in [1.807, 2.05) is 18.2 Å². The van der Waals surface area contributed by atoms with Crippen LogP contribution in [0.15, 0.2) is 42.5 Å². The lowest BCUT2D eigenvalue weighted by molar-refractivity contribution is -0.133. The quantitative estimate of drug-likeness (QED) is 0.752. The summed E-state index contributed by atoms with van der Waals surface area (Å²) in [6.45, 7) is 14.7. The maximum absolute atomic E-state index is 11.4. The average Bonchev–Trinajstić information content (AvgIpc) is 2.33. The number of carboxylic acid groups (broad SMARTS) is 1. The van der Waals surface area contributed by atoms with Gasteiger partial charge in [0.05, 0.1) is 0 Å². The van der Waals surface area contributed by atoms with Crippen LogP contribution in [0.5, 0.6) is 0 Å². The molecule has 0 spiro atoms. The summed E-state index contributed by atoms with van der Waals surface area (Å²) in [6.07, 6.45) is 1.67. The molecule has 0 aliphatic heterocycles. The van der Waals surface area contributed by atoms with Crippen molar-refractivity contribution >= 4 is 5.97 Å². The minimum absolute atomic E-state index is 0.0726. The first-order chi connectivity index (χ1) is 9.53. The Morgan fingerprint density at radius 2 is 1.67 bits per heavy atom. The summed E-state index contributed by atoms with van der Waals surface area (Å²) in [7, 11) is 0. The summed E-state index contributed by atoms with van der Waals surface area (Å²) in [6, 6.07) is 10.1. The molecule has 0 saturated heterocycles. The highest BCUT2D eigenvalue weighted by Crippen LogP contribution is 2.43. The topological polar surface area (TPSA) is 37.3 Å². The molecule has 0 aromatic heterocycles. The lowest BCUT2D eigenvalue weighted by atomic mass is 9.65. The maximum Gasteiger partial charge on any atom is 0.331 e. The standard InChI is InChI=1S/C19H28O2/c1-14(17(20)21)16(12-15-10-8-7-9-11-15)19(5,6)13-18(2,3)4/h7-11,16H,1,12-13H2,2-6H3,(H,20,21). The summed E-state index contributed by atoms with van der Waals surface area (Å²) in [5, 5.41) is 9.39. The predicted octanol–water partition coefficient (Wildman–Crippen LogP) is 4.95. The fraction of sp³-hybridized carbons (Fsp3) is 0.526. The van der Waals surface area contributed by atoms with E-state index in [9.17, 15) is 9.90 Å². The summed E-state index contributed by atoms with van der Waals surface area (Å²) in [5.41, 5.74) is 1.50. The van der Waals surface area contributed by atoms with Crippen LogP contribution in [0.4, 0.5) is 0 Å². The highest BCUT2D eigenvalue weighted by atomic mass is 16.4. The molecule has 0 heterocycles. The molecular weight excluding hydrogens is 260 g/mol. The van der Waals surface area contributed by atoms with Gasteiger partial charge in [-0.15, -0.1) is 0 Å². The third-order valence-corrected chi connectivity index (χ3v) is 3.91. The number of aliphatic carboxylic acids is 1. The number of hydrogen-bond acceptors (Lipinski definition) is 1. The molecule has 1 atom stereocenters. The second-order valence-corrected chi connectivity index (χ2v) is 7.80. The second kappa shape index (κ2) is 6.46. The number of carboxylic acids is 1. The van der Waals surface area contributed by atoms with Crippen molar-refractivity contribution in [2.75, 3.05) is 0 Å². The maximum atomic E-state index is 11.4. The predicted molar refractivity (Wildman–Crippen MR) is 88.3 cm³/mol. The zero-order valence-corrected chi connectivity index (χ0v) is 13.9. The molecule has 0 amide bonds. The molecule has 1 aromatic rings. The number of benzene rings is 1. The minimum atomic E-state index is -0.891. The van der Waals surface area contributed by atoms with Gasteiger partial charge in [0.25, 0.3) is 0 Å². The Bertz CT molecular complexity index is 492. The molecule has 1 unspecified atom stereocenters. The molecule has 0 aliphatic rings. The van der Waals surface area contributed by atoms with E-state index in [2.05, 4.69) is 53.3 Å². The van der Waals surface area contributed by atoms with E-state index in [1.54, 1.807) is 0 Å². The van der Waals surface area contributed by atoms with Crippen molar-refractivity contribution < 1.29 is 9.90 Å². The van der Waals surface area contributed by atoms with Crippen molar-refractivity contribution in [1.82, 2.24) is 0 Å². The molecule has 0 bridgehead atoms. The van der Waals surface area contributed by atoms with Gasteiger partial charge >= 0.3 is 5.97 Å². The Hall–Kier alpha value is -1.57. The largest absolute Gasteiger partial charge is 0.478 e. The SMILES string of the molecule is C=C(C(=O)O)C(Cc1ccccc1)C(C)(C)CC(C)(C)C. The van der Waals surface area contributed by atoms with Crippen LogP contribution in [0.25, 0.3) is 0 Å². The summed E-state index contributed by atoms with van der Waals surface area (Å²) < 4.78 is 0. The molecular formula is C19H28O2. The van der Waals surface area contributed by atoms with Crippen molar-refractivity contribution in [3.05, 3.63) is 48.0 Å². The smallest absolute Gasteiger partial charge is 0.331 e. The van der Waals surface area contributed by atoms with Gasteiger partial charge in [0.1, 0.15) is 0 Å². The number of hydrogen-bond donors (Lipinski definition) is 1. The normalized spacial score (nSPS) is 13.8.